The van der Waals surface area contributed by atoms with Gasteiger partial charge in [-0.3, -0.25) is 19.7 Å². The molecule has 2 aromatic rings. The third-order valence-corrected chi connectivity index (χ3v) is 4.52. The fourth-order valence-electron chi connectivity index (χ4n) is 3.07. The molecule has 134 valence electrons. The van der Waals surface area contributed by atoms with Crippen LogP contribution >= 0.6 is 0 Å². The van der Waals surface area contributed by atoms with Gasteiger partial charge in [-0.2, -0.15) is 0 Å². The topological polar surface area (TPSA) is 92.6 Å². The number of hydrogen-bond donors (Lipinski definition) is 1. The van der Waals surface area contributed by atoms with Crippen molar-refractivity contribution in [2.24, 2.45) is 5.92 Å². The van der Waals surface area contributed by atoms with Crippen LogP contribution in [-0.2, 0) is 16.0 Å². The molecule has 1 N–H and O–H groups in total. The maximum absolute atomic E-state index is 12.6. The Balaban J connectivity index is 1.70. The number of hydrogen-bond acceptors (Lipinski definition) is 4. The van der Waals surface area contributed by atoms with Crippen LogP contribution in [0.25, 0.3) is 0 Å². The van der Waals surface area contributed by atoms with Crippen LogP contribution in [0.4, 0.5) is 17.1 Å². The Morgan fingerprint density at radius 2 is 1.92 bits per heavy atom. The van der Waals surface area contributed by atoms with Gasteiger partial charge in [-0.05, 0) is 30.2 Å². The Kier molecular flexibility index (Phi) is 4.97. The van der Waals surface area contributed by atoms with Crippen LogP contribution in [0.5, 0.6) is 0 Å². The highest BCUT2D eigenvalue weighted by molar-refractivity contribution is 6.03. The monoisotopic (exact) mass is 353 g/mol. The SMILES string of the molecule is CCc1ccccc1NC(=O)[C@@H]1CC(=O)N(c2ccc([N+](=O)[O-])cc2)C1. The van der Waals surface area contributed by atoms with Gasteiger partial charge in [-0.1, -0.05) is 25.1 Å². The lowest BCUT2D eigenvalue weighted by Crippen LogP contribution is -2.28. The lowest BCUT2D eigenvalue weighted by molar-refractivity contribution is -0.384. The zero-order chi connectivity index (χ0) is 18.7. The quantitative estimate of drug-likeness (QED) is 0.660. The Hall–Kier alpha value is -3.22. The fraction of sp³-hybridized carbons (Fsp3) is 0.263. The van der Waals surface area contributed by atoms with E-state index in [9.17, 15) is 19.7 Å². The smallest absolute Gasteiger partial charge is 0.269 e. The van der Waals surface area contributed by atoms with Gasteiger partial charge in [0.25, 0.3) is 5.69 Å². The van der Waals surface area contributed by atoms with Crippen molar-refractivity contribution in [3.05, 3.63) is 64.2 Å². The molecule has 26 heavy (non-hydrogen) atoms. The first-order valence-corrected chi connectivity index (χ1v) is 8.43. The number of nitro benzene ring substituents is 1. The molecule has 3 rings (SSSR count). The van der Waals surface area contributed by atoms with Gasteiger partial charge < -0.3 is 10.2 Å². The summed E-state index contributed by atoms with van der Waals surface area (Å²) in [5, 5.41) is 13.7. The molecule has 2 amide bonds. The predicted molar refractivity (Wildman–Crippen MR) is 98.0 cm³/mol. The third-order valence-electron chi connectivity index (χ3n) is 4.52. The number of carbonyl (C=O) groups excluding carboxylic acids is 2. The molecule has 1 heterocycles. The standard InChI is InChI=1S/C19H19N3O4/c1-2-13-5-3-4-6-17(13)20-19(24)14-11-18(23)21(12-14)15-7-9-16(10-8-15)22(25)26/h3-10,14H,2,11-12H2,1H3,(H,20,24)/t14-/m1/s1. The van der Waals surface area contributed by atoms with E-state index in [-0.39, 0.29) is 30.5 Å². The van der Waals surface area contributed by atoms with Crippen LogP contribution in [0.15, 0.2) is 48.5 Å². The molecule has 0 spiro atoms. The van der Waals surface area contributed by atoms with E-state index < -0.39 is 10.8 Å². The largest absolute Gasteiger partial charge is 0.326 e. The highest BCUT2D eigenvalue weighted by atomic mass is 16.6. The molecule has 7 nitrogen and oxygen atoms in total. The molecule has 0 saturated carbocycles. The maximum atomic E-state index is 12.6. The van der Waals surface area contributed by atoms with Crippen LogP contribution in [0.1, 0.15) is 18.9 Å². The number of nitro groups is 1. The van der Waals surface area contributed by atoms with Crippen molar-refractivity contribution in [2.75, 3.05) is 16.8 Å². The minimum atomic E-state index is -0.489. The summed E-state index contributed by atoms with van der Waals surface area (Å²) in [4.78, 5) is 36.6. The molecule has 1 aliphatic heterocycles. The molecule has 1 aliphatic rings. The molecule has 0 aliphatic carbocycles. The van der Waals surface area contributed by atoms with Gasteiger partial charge in [0.15, 0.2) is 0 Å². The molecular formula is C19H19N3O4. The minimum Gasteiger partial charge on any atom is -0.326 e. The van der Waals surface area contributed by atoms with Gasteiger partial charge in [0.05, 0.1) is 10.8 Å². The number of non-ortho nitro benzene ring substituents is 1. The van der Waals surface area contributed by atoms with E-state index in [1.165, 1.54) is 29.2 Å². The van der Waals surface area contributed by atoms with Gasteiger partial charge in [0.1, 0.15) is 0 Å². The summed E-state index contributed by atoms with van der Waals surface area (Å²) >= 11 is 0. The minimum absolute atomic E-state index is 0.0362. The van der Waals surface area contributed by atoms with E-state index in [1.54, 1.807) is 0 Å². The number of nitrogens with one attached hydrogen (secondary N) is 1. The molecule has 1 atom stereocenters. The first kappa shape index (κ1) is 17.6. The van der Waals surface area contributed by atoms with Crippen molar-refractivity contribution in [1.29, 1.82) is 0 Å². The van der Waals surface area contributed by atoms with E-state index >= 15 is 0 Å². The summed E-state index contributed by atoms with van der Waals surface area (Å²) in [5.41, 5.74) is 2.33. The molecule has 0 aromatic heterocycles. The number of aryl methyl sites for hydroxylation is 1. The number of nitrogens with zero attached hydrogens (tertiary/aromatic N) is 2. The van der Waals surface area contributed by atoms with Crippen molar-refractivity contribution in [1.82, 2.24) is 0 Å². The lowest BCUT2D eigenvalue weighted by Gasteiger charge is -2.17. The number of amides is 2. The average Bonchev–Trinajstić information content (AvgIpc) is 3.04. The van der Waals surface area contributed by atoms with Crippen molar-refractivity contribution in [3.63, 3.8) is 0 Å². The maximum Gasteiger partial charge on any atom is 0.269 e. The van der Waals surface area contributed by atoms with Gasteiger partial charge in [-0.25, -0.2) is 0 Å². The molecule has 0 radical (unpaired) electrons. The predicted octanol–water partition coefficient (Wildman–Crippen LogP) is 3.15. The Labute approximate surface area is 150 Å². The van der Waals surface area contributed by atoms with E-state index in [0.717, 1.165) is 17.7 Å². The summed E-state index contributed by atoms with van der Waals surface area (Å²) in [6.45, 7) is 2.27. The van der Waals surface area contributed by atoms with E-state index in [1.807, 2.05) is 31.2 Å². The van der Waals surface area contributed by atoms with Gasteiger partial charge >= 0.3 is 0 Å². The number of benzene rings is 2. The van der Waals surface area contributed by atoms with E-state index in [4.69, 9.17) is 0 Å². The number of anilines is 2. The second-order valence-corrected chi connectivity index (χ2v) is 6.18. The number of carbonyl (C=O) groups is 2. The van der Waals surface area contributed by atoms with Crippen LogP contribution in [0, 0.1) is 16.0 Å². The van der Waals surface area contributed by atoms with E-state index in [2.05, 4.69) is 5.32 Å². The normalized spacial score (nSPS) is 16.6. The highest BCUT2D eigenvalue weighted by Gasteiger charge is 2.35. The third kappa shape index (κ3) is 3.56. The van der Waals surface area contributed by atoms with Crippen LogP contribution < -0.4 is 10.2 Å². The Bertz CT molecular complexity index is 848. The summed E-state index contributed by atoms with van der Waals surface area (Å²) < 4.78 is 0. The average molecular weight is 353 g/mol. The van der Waals surface area contributed by atoms with Crippen molar-refractivity contribution >= 4 is 28.9 Å². The lowest BCUT2D eigenvalue weighted by atomic mass is 10.1. The van der Waals surface area contributed by atoms with Crippen LogP contribution in [0.2, 0.25) is 0 Å². The highest BCUT2D eigenvalue weighted by Crippen LogP contribution is 2.28. The van der Waals surface area contributed by atoms with Crippen molar-refractivity contribution in [2.45, 2.75) is 19.8 Å². The zero-order valence-corrected chi connectivity index (χ0v) is 14.3. The molecule has 2 aromatic carbocycles. The second kappa shape index (κ2) is 7.35. The first-order valence-electron chi connectivity index (χ1n) is 8.43. The molecule has 0 bridgehead atoms. The summed E-state index contributed by atoms with van der Waals surface area (Å²) in [6.07, 6.45) is 0.923. The fourth-order valence-corrected chi connectivity index (χ4v) is 3.07. The molecule has 1 saturated heterocycles. The second-order valence-electron chi connectivity index (χ2n) is 6.18. The van der Waals surface area contributed by atoms with Crippen LogP contribution in [0.3, 0.4) is 0 Å². The number of para-hydroxylation sites is 1. The molecular weight excluding hydrogens is 334 g/mol. The molecule has 0 unspecified atom stereocenters. The Morgan fingerprint density at radius 3 is 2.58 bits per heavy atom. The van der Waals surface area contributed by atoms with Gasteiger partial charge in [0.2, 0.25) is 11.8 Å². The number of rotatable bonds is 5. The zero-order valence-electron chi connectivity index (χ0n) is 14.3. The summed E-state index contributed by atoms with van der Waals surface area (Å²) in [5.74, 6) is -0.811. The molecule has 1 fully saturated rings. The van der Waals surface area contributed by atoms with E-state index in [0.29, 0.717) is 5.69 Å². The summed E-state index contributed by atoms with van der Waals surface area (Å²) in [7, 11) is 0. The van der Waals surface area contributed by atoms with Crippen molar-refractivity contribution < 1.29 is 14.5 Å². The van der Waals surface area contributed by atoms with Crippen molar-refractivity contribution in [3.8, 4) is 0 Å². The molecule has 7 heteroatoms. The van der Waals surface area contributed by atoms with Gasteiger partial charge in [0, 0.05) is 36.5 Å². The van der Waals surface area contributed by atoms with Crippen LogP contribution in [-0.4, -0.2) is 23.3 Å². The first-order chi connectivity index (χ1) is 12.5. The summed E-state index contributed by atoms with van der Waals surface area (Å²) in [6, 6.07) is 13.4. The van der Waals surface area contributed by atoms with Gasteiger partial charge in [-0.15, -0.1) is 0 Å². The Morgan fingerprint density at radius 1 is 1.23 bits per heavy atom.